The van der Waals surface area contributed by atoms with E-state index in [2.05, 4.69) is 21.2 Å². The van der Waals surface area contributed by atoms with E-state index >= 15 is 0 Å². The van der Waals surface area contributed by atoms with Crippen LogP contribution in [0.3, 0.4) is 0 Å². The normalized spacial score (nSPS) is 12.3. The minimum atomic E-state index is -4.46. The molecule has 1 aromatic carbocycles. The van der Waals surface area contributed by atoms with Gasteiger partial charge in [0, 0.05) is 16.7 Å². The lowest BCUT2D eigenvalue weighted by atomic mass is 9.94. The lowest BCUT2D eigenvalue weighted by Gasteiger charge is -2.21. The molecule has 7 heteroatoms. The third kappa shape index (κ3) is 4.12. The van der Waals surface area contributed by atoms with Crippen molar-refractivity contribution < 1.29 is 23.1 Å². The summed E-state index contributed by atoms with van der Waals surface area (Å²) in [6.45, 7) is 3.01. The minimum Gasteiger partial charge on any atom is -0.481 e. The summed E-state index contributed by atoms with van der Waals surface area (Å²) in [5.41, 5.74) is -1.64. The zero-order chi connectivity index (χ0) is 14.8. The topological polar surface area (TPSA) is 49.3 Å². The fraction of sp³-hybridized carbons (Fsp3) is 0.417. The van der Waals surface area contributed by atoms with Gasteiger partial charge in [-0.05, 0) is 32.0 Å². The van der Waals surface area contributed by atoms with Crippen LogP contribution in [0.15, 0.2) is 22.7 Å². The molecule has 106 valence electrons. The third-order valence-corrected chi connectivity index (χ3v) is 3.28. The van der Waals surface area contributed by atoms with E-state index in [1.807, 2.05) is 0 Å². The Labute approximate surface area is 116 Å². The number of aliphatic carboxylic acids is 1. The van der Waals surface area contributed by atoms with Gasteiger partial charge in [0.15, 0.2) is 0 Å². The Kier molecular flexibility index (Phi) is 4.50. The number of hydrogen-bond acceptors (Lipinski definition) is 2. The molecule has 0 bridgehead atoms. The first-order valence-corrected chi connectivity index (χ1v) is 6.17. The molecule has 0 spiro atoms. The second kappa shape index (κ2) is 5.40. The molecule has 1 aromatic rings. The van der Waals surface area contributed by atoms with Gasteiger partial charge in [-0.25, -0.2) is 0 Å². The highest BCUT2D eigenvalue weighted by molar-refractivity contribution is 9.10. The smallest absolute Gasteiger partial charge is 0.417 e. The Morgan fingerprint density at radius 3 is 2.42 bits per heavy atom. The maximum atomic E-state index is 12.7. The predicted molar refractivity (Wildman–Crippen MR) is 69.1 cm³/mol. The van der Waals surface area contributed by atoms with Crippen molar-refractivity contribution in [1.29, 1.82) is 0 Å². The van der Waals surface area contributed by atoms with Crippen molar-refractivity contribution in [2.75, 3.05) is 11.9 Å². The lowest BCUT2D eigenvalue weighted by Crippen LogP contribution is -2.31. The van der Waals surface area contributed by atoms with Crippen LogP contribution in [0.5, 0.6) is 0 Å². The minimum absolute atomic E-state index is 0.0290. The molecule has 0 aliphatic heterocycles. The van der Waals surface area contributed by atoms with Crippen LogP contribution in [0.25, 0.3) is 0 Å². The Bertz CT molecular complexity index is 486. The van der Waals surface area contributed by atoms with Crippen LogP contribution in [-0.4, -0.2) is 17.6 Å². The molecule has 0 amide bonds. The number of hydrogen-bond donors (Lipinski definition) is 2. The van der Waals surface area contributed by atoms with Crippen molar-refractivity contribution in [2.45, 2.75) is 20.0 Å². The van der Waals surface area contributed by atoms with Crippen molar-refractivity contribution in [3.63, 3.8) is 0 Å². The van der Waals surface area contributed by atoms with Gasteiger partial charge < -0.3 is 10.4 Å². The molecule has 0 saturated carbocycles. The Balaban J connectivity index is 2.90. The van der Waals surface area contributed by atoms with E-state index in [1.54, 1.807) is 0 Å². The highest BCUT2D eigenvalue weighted by Gasteiger charge is 2.33. The van der Waals surface area contributed by atoms with E-state index in [4.69, 9.17) is 5.11 Å². The van der Waals surface area contributed by atoms with Crippen molar-refractivity contribution in [2.24, 2.45) is 5.41 Å². The van der Waals surface area contributed by atoms with Crippen LogP contribution in [0.1, 0.15) is 19.4 Å². The first kappa shape index (κ1) is 15.8. The van der Waals surface area contributed by atoms with Gasteiger partial charge in [0.1, 0.15) is 0 Å². The zero-order valence-electron chi connectivity index (χ0n) is 10.3. The first-order chi connectivity index (χ1) is 8.54. The number of rotatable bonds is 4. The highest BCUT2D eigenvalue weighted by atomic mass is 79.9. The summed E-state index contributed by atoms with van der Waals surface area (Å²) in [6, 6.07) is 3.68. The van der Waals surface area contributed by atoms with Crippen molar-refractivity contribution in [3.05, 3.63) is 28.2 Å². The van der Waals surface area contributed by atoms with E-state index in [-0.39, 0.29) is 16.7 Å². The molecular weight excluding hydrogens is 327 g/mol. The maximum Gasteiger partial charge on any atom is 0.417 e. The van der Waals surface area contributed by atoms with Gasteiger partial charge in [-0.2, -0.15) is 13.2 Å². The van der Waals surface area contributed by atoms with Gasteiger partial charge >= 0.3 is 12.1 Å². The van der Waals surface area contributed by atoms with Crippen LogP contribution in [0.2, 0.25) is 0 Å². The Morgan fingerprint density at radius 2 is 1.95 bits per heavy atom. The second-order valence-corrected chi connectivity index (χ2v) is 5.59. The molecule has 0 saturated heterocycles. The predicted octanol–water partition coefficient (Wildman–Crippen LogP) is 3.99. The summed E-state index contributed by atoms with van der Waals surface area (Å²) >= 11 is 2.84. The second-order valence-electron chi connectivity index (χ2n) is 4.73. The number of anilines is 1. The molecular formula is C12H13BrF3NO2. The number of alkyl halides is 3. The molecule has 1 rings (SSSR count). The molecule has 0 aromatic heterocycles. The number of carboxylic acid groups (broad SMARTS) is 1. The molecule has 0 aliphatic carbocycles. The van der Waals surface area contributed by atoms with Crippen LogP contribution >= 0.6 is 15.9 Å². The SMILES string of the molecule is CC(C)(CNc1ccc(Br)c(C(F)(F)F)c1)C(=O)O. The molecule has 0 aliphatic rings. The van der Waals surface area contributed by atoms with E-state index in [9.17, 15) is 18.0 Å². The summed E-state index contributed by atoms with van der Waals surface area (Å²) in [7, 11) is 0. The van der Waals surface area contributed by atoms with E-state index in [1.165, 1.54) is 26.0 Å². The number of nitrogens with one attached hydrogen (secondary N) is 1. The molecule has 0 radical (unpaired) electrons. The average molecular weight is 340 g/mol. The van der Waals surface area contributed by atoms with Gasteiger partial charge in [0.05, 0.1) is 11.0 Å². The highest BCUT2D eigenvalue weighted by Crippen LogP contribution is 2.36. The number of carboxylic acids is 1. The van der Waals surface area contributed by atoms with Crippen LogP contribution in [-0.2, 0) is 11.0 Å². The van der Waals surface area contributed by atoms with Crippen LogP contribution < -0.4 is 5.32 Å². The van der Waals surface area contributed by atoms with Crippen molar-refractivity contribution >= 4 is 27.6 Å². The van der Waals surface area contributed by atoms with Gasteiger partial charge in [-0.15, -0.1) is 0 Å². The van der Waals surface area contributed by atoms with Gasteiger partial charge in [0.2, 0.25) is 0 Å². The van der Waals surface area contributed by atoms with E-state index in [0.29, 0.717) is 0 Å². The maximum absolute atomic E-state index is 12.7. The van der Waals surface area contributed by atoms with Crippen LogP contribution in [0, 0.1) is 5.41 Å². The summed E-state index contributed by atoms with van der Waals surface area (Å²) in [6.07, 6.45) is -4.46. The fourth-order valence-corrected chi connectivity index (χ4v) is 1.72. The number of carbonyl (C=O) groups is 1. The molecule has 0 fully saturated rings. The van der Waals surface area contributed by atoms with Crippen molar-refractivity contribution in [3.8, 4) is 0 Å². The molecule has 0 heterocycles. The molecule has 19 heavy (non-hydrogen) atoms. The monoisotopic (exact) mass is 339 g/mol. The standard InChI is InChI=1S/C12H13BrF3NO2/c1-11(2,10(18)19)6-17-7-3-4-9(13)8(5-7)12(14,15)16/h3-5,17H,6H2,1-2H3,(H,18,19). The largest absolute Gasteiger partial charge is 0.481 e. The van der Waals surface area contributed by atoms with Gasteiger partial charge in [-0.3, -0.25) is 4.79 Å². The Morgan fingerprint density at radius 1 is 1.37 bits per heavy atom. The Hall–Kier alpha value is -1.24. The van der Waals surface area contributed by atoms with Crippen molar-refractivity contribution in [1.82, 2.24) is 0 Å². The first-order valence-electron chi connectivity index (χ1n) is 5.38. The summed E-state index contributed by atoms with van der Waals surface area (Å²) in [5, 5.41) is 11.6. The van der Waals surface area contributed by atoms with E-state index in [0.717, 1.165) is 6.07 Å². The molecule has 2 N–H and O–H groups in total. The summed E-state index contributed by atoms with van der Waals surface area (Å²) in [4.78, 5) is 10.9. The van der Waals surface area contributed by atoms with Crippen LogP contribution in [0.4, 0.5) is 18.9 Å². The fourth-order valence-electron chi connectivity index (χ4n) is 1.25. The number of benzene rings is 1. The lowest BCUT2D eigenvalue weighted by molar-refractivity contribution is -0.146. The zero-order valence-corrected chi connectivity index (χ0v) is 11.9. The van der Waals surface area contributed by atoms with Gasteiger partial charge in [0.25, 0.3) is 0 Å². The average Bonchev–Trinajstić information content (AvgIpc) is 2.26. The number of halogens is 4. The third-order valence-electron chi connectivity index (χ3n) is 2.59. The molecule has 3 nitrogen and oxygen atoms in total. The summed E-state index contributed by atoms with van der Waals surface area (Å²) in [5.74, 6) is -1.02. The van der Waals surface area contributed by atoms with Gasteiger partial charge in [-0.1, -0.05) is 15.9 Å². The molecule has 0 unspecified atom stereocenters. The summed E-state index contributed by atoms with van der Waals surface area (Å²) < 4.78 is 38.0. The quantitative estimate of drug-likeness (QED) is 0.871. The van der Waals surface area contributed by atoms with E-state index < -0.39 is 23.1 Å². The molecule has 0 atom stereocenters.